The molecule has 1 unspecified atom stereocenters. The lowest BCUT2D eigenvalue weighted by molar-refractivity contribution is -0.154. The van der Waals surface area contributed by atoms with Gasteiger partial charge in [-0.2, -0.15) is 0 Å². The van der Waals surface area contributed by atoms with Gasteiger partial charge in [0.15, 0.2) is 0 Å². The molecule has 0 aliphatic carbocycles. The number of aryl methyl sites for hydroxylation is 1. The van der Waals surface area contributed by atoms with Gasteiger partial charge in [0.1, 0.15) is 5.41 Å². The standard InChI is InChI=1S/C14H19NO3/c1-4-10-5-7-11(8-6-10)9-14(2,13(17)18)12(16)15-3/h5-8H,4,9H2,1-3H3,(H,15,16)(H,17,18). The van der Waals surface area contributed by atoms with E-state index in [1.54, 1.807) is 0 Å². The summed E-state index contributed by atoms with van der Waals surface area (Å²) in [5, 5.41) is 11.6. The molecule has 0 aliphatic heterocycles. The first-order chi connectivity index (χ1) is 8.43. The Hall–Kier alpha value is -1.84. The number of rotatable bonds is 5. The van der Waals surface area contributed by atoms with Crippen LogP contribution >= 0.6 is 0 Å². The average Bonchev–Trinajstić information content (AvgIpc) is 2.38. The predicted molar refractivity (Wildman–Crippen MR) is 69.3 cm³/mol. The number of nitrogens with one attached hydrogen (secondary N) is 1. The molecule has 0 saturated carbocycles. The number of hydrogen-bond acceptors (Lipinski definition) is 2. The molecule has 0 spiro atoms. The van der Waals surface area contributed by atoms with E-state index in [0.717, 1.165) is 12.0 Å². The Kier molecular flexibility index (Phi) is 4.48. The number of carbonyl (C=O) groups excluding carboxylic acids is 1. The SMILES string of the molecule is CCc1ccc(CC(C)(C(=O)O)C(=O)NC)cc1. The average molecular weight is 249 g/mol. The number of carboxylic acids is 1. The second-order valence-corrected chi connectivity index (χ2v) is 4.56. The summed E-state index contributed by atoms with van der Waals surface area (Å²) in [6, 6.07) is 7.68. The molecule has 0 saturated heterocycles. The largest absolute Gasteiger partial charge is 0.480 e. The van der Waals surface area contributed by atoms with E-state index in [9.17, 15) is 14.7 Å². The van der Waals surface area contributed by atoms with Gasteiger partial charge in [0, 0.05) is 7.05 Å². The van der Waals surface area contributed by atoms with Crippen LogP contribution in [0.2, 0.25) is 0 Å². The van der Waals surface area contributed by atoms with Gasteiger partial charge in [-0.25, -0.2) is 0 Å². The van der Waals surface area contributed by atoms with Crippen molar-refractivity contribution in [2.24, 2.45) is 5.41 Å². The summed E-state index contributed by atoms with van der Waals surface area (Å²) in [5.74, 6) is -1.59. The Morgan fingerprint density at radius 1 is 1.22 bits per heavy atom. The molecule has 1 rings (SSSR count). The van der Waals surface area contributed by atoms with Gasteiger partial charge in [-0.1, -0.05) is 31.2 Å². The quantitative estimate of drug-likeness (QED) is 0.779. The molecular weight excluding hydrogens is 230 g/mol. The number of amides is 1. The maximum atomic E-state index is 11.7. The van der Waals surface area contributed by atoms with Crippen LogP contribution < -0.4 is 5.32 Å². The fraction of sp³-hybridized carbons (Fsp3) is 0.429. The fourth-order valence-corrected chi connectivity index (χ4v) is 1.83. The number of benzene rings is 1. The van der Waals surface area contributed by atoms with Crippen molar-refractivity contribution in [3.63, 3.8) is 0 Å². The van der Waals surface area contributed by atoms with Crippen molar-refractivity contribution in [2.45, 2.75) is 26.7 Å². The fourth-order valence-electron chi connectivity index (χ4n) is 1.83. The van der Waals surface area contributed by atoms with Crippen LogP contribution in [0.15, 0.2) is 24.3 Å². The van der Waals surface area contributed by atoms with Gasteiger partial charge in [0.05, 0.1) is 0 Å². The highest BCUT2D eigenvalue weighted by Gasteiger charge is 2.40. The molecule has 18 heavy (non-hydrogen) atoms. The minimum atomic E-state index is -1.43. The molecule has 98 valence electrons. The summed E-state index contributed by atoms with van der Waals surface area (Å²) in [5.41, 5.74) is 0.610. The van der Waals surface area contributed by atoms with Crippen molar-refractivity contribution >= 4 is 11.9 Å². The third kappa shape index (κ3) is 2.88. The van der Waals surface area contributed by atoms with Crippen molar-refractivity contribution in [3.8, 4) is 0 Å². The highest BCUT2D eigenvalue weighted by atomic mass is 16.4. The zero-order chi connectivity index (χ0) is 13.8. The zero-order valence-corrected chi connectivity index (χ0v) is 11.0. The van der Waals surface area contributed by atoms with Gasteiger partial charge in [0.25, 0.3) is 0 Å². The lowest BCUT2D eigenvalue weighted by atomic mass is 9.82. The monoisotopic (exact) mass is 249 g/mol. The second-order valence-electron chi connectivity index (χ2n) is 4.56. The van der Waals surface area contributed by atoms with E-state index in [2.05, 4.69) is 12.2 Å². The van der Waals surface area contributed by atoms with Gasteiger partial charge < -0.3 is 10.4 Å². The summed E-state index contributed by atoms with van der Waals surface area (Å²) in [4.78, 5) is 23.0. The molecule has 1 amide bonds. The number of carbonyl (C=O) groups is 2. The van der Waals surface area contributed by atoms with E-state index in [1.165, 1.54) is 19.5 Å². The van der Waals surface area contributed by atoms with Crippen LogP contribution in [0, 0.1) is 5.41 Å². The van der Waals surface area contributed by atoms with Crippen molar-refractivity contribution in [2.75, 3.05) is 7.05 Å². The van der Waals surface area contributed by atoms with E-state index < -0.39 is 17.3 Å². The molecule has 4 heteroatoms. The number of aliphatic carboxylic acids is 1. The van der Waals surface area contributed by atoms with Crippen LogP contribution in [0.4, 0.5) is 0 Å². The van der Waals surface area contributed by atoms with Gasteiger partial charge in [0.2, 0.25) is 5.91 Å². The normalized spacial score (nSPS) is 13.7. The molecule has 0 fully saturated rings. The Balaban J connectivity index is 2.96. The maximum absolute atomic E-state index is 11.7. The van der Waals surface area contributed by atoms with E-state index in [-0.39, 0.29) is 6.42 Å². The van der Waals surface area contributed by atoms with E-state index in [0.29, 0.717) is 0 Å². The second kappa shape index (κ2) is 5.67. The molecule has 2 N–H and O–H groups in total. The van der Waals surface area contributed by atoms with Gasteiger partial charge in [-0.05, 0) is 30.9 Å². The number of hydrogen-bond donors (Lipinski definition) is 2. The first kappa shape index (κ1) is 14.2. The Labute approximate surface area is 107 Å². The Morgan fingerprint density at radius 2 is 1.72 bits per heavy atom. The van der Waals surface area contributed by atoms with Crippen molar-refractivity contribution in [1.82, 2.24) is 5.32 Å². The van der Waals surface area contributed by atoms with Crippen molar-refractivity contribution in [3.05, 3.63) is 35.4 Å². The molecule has 1 aromatic rings. The van der Waals surface area contributed by atoms with E-state index in [4.69, 9.17) is 0 Å². The summed E-state index contributed by atoms with van der Waals surface area (Å²) in [6.45, 7) is 3.50. The van der Waals surface area contributed by atoms with Crippen LogP contribution in [0.1, 0.15) is 25.0 Å². The molecule has 4 nitrogen and oxygen atoms in total. The molecule has 0 heterocycles. The predicted octanol–water partition coefficient (Wildman–Crippen LogP) is 1.63. The van der Waals surface area contributed by atoms with Crippen LogP contribution in [-0.4, -0.2) is 24.0 Å². The molecule has 1 atom stereocenters. The number of carboxylic acid groups (broad SMARTS) is 1. The van der Waals surface area contributed by atoms with Crippen LogP contribution in [0.3, 0.4) is 0 Å². The summed E-state index contributed by atoms with van der Waals surface area (Å²) < 4.78 is 0. The molecule has 0 bridgehead atoms. The smallest absolute Gasteiger partial charge is 0.319 e. The van der Waals surface area contributed by atoms with E-state index >= 15 is 0 Å². The zero-order valence-electron chi connectivity index (χ0n) is 11.0. The van der Waals surface area contributed by atoms with Crippen molar-refractivity contribution < 1.29 is 14.7 Å². The lowest BCUT2D eigenvalue weighted by Gasteiger charge is -2.22. The molecule has 0 aromatic heterocycles. The third-order valence-electron chi connectivity index (χ3n) is 3.19. The van der Waals surface area contributed by atoms with Crippen LogP contribution in [0.5, 0.6) is 0 Å². The highest BCUT2D eigenvalue weighted by molar-refractivity contribution is 6.01. The minimum absolute atomic E-state index is 0.187. The maximum Gasteiger partial charge on any atom is 0.319 e. The van der Waals surface area contributed by atoms with E-state index in [1.807, 2.05) is 24.3 Å². The van der Waals surface area contributed by atoms with Gasteiger partial charge in [-0.15, -0.1) is 0 Å². The van der Waals surface area contributed by atoms with Gasteiger partial charge in [-0.3, -0.25) is 9.59 Å². The molecule has 0 aliphatic rings. The summed E-state index contributed by atoms with van der Waals surface area (Å²) in [6.07, 6.45) is 1.12. The topological polar surface area (TPSA) is 66.4 Å². The molecule has 1 aromatic carbocycles. The Bertz CT molecular complexity index is 439. The first-order valence-electron chi connectivity index (χ1n) is 5.97. The van der Waals surface area contributed by atoms with Crippen molar-refractivity contribution in [1.29, 1.82) is 0 Å². The first-order valence-corrected chi connectivity index (χ1v) is 5.97. The van der Waals surface area contributed by atoms with Crippen LogP contribution in [0.25, 0.3) is 0 Å². The Morgan fingerprint density at radius 3 is 2.11 bits per heavy atom. The molecule has 0 radical (unpaired) electrons. The third-order valence-corrected chi connectivity index (χ3v) is 3.19. The molecular formula is C14H19NO3. The van der Waals surface area contributed by atoms with Gasteiger partial charge >= 0.3 is 5.97 Å². The summed E-state index contributed by atoms with van der Waals surface area (Å²) in [7, 11) is 1.45. The summed E-state index contributed by atoms with van der Waals surface area (Å²) >= 11 is 0. The highest BCUT2D eigenvalue weighted by Crippen LogP contribution is 2.23. The van der Waals surface area contributed by atoms with Crippen LogP contribution in [-0.2, 0) is 22.4 Å². The minimum Gasteiger partial charge on any atom is -0.480 e. The lowest BCUT2D eigenvalue weighted by Crippen LogP contribution is -2.44.